The molecule has 9 heteroatoms. The average Bonchev–Trinajstić information content (AvgIpc) is 2.90. The van der Waals surface area contributed by atoms with Gasteiger partial charge < -0.3 is 10.3 Å². The van der Waals surface area contributed by atoms with Crippen LogP contribution >= 0.6 is 11.5 Å². The molecule has 0 radical (unpaired) electrons. The Hall–Kier alpha value is -2.62. The molecule has 3 rings (SSSR count). The molecule has 0 fully saturated rings. The quantitative estimate of drug-likeness (QED) is 0.545. The molecule has 7 nitrogen and oxygen atoms in total. The summed E-state index contributed by atoms with van der Waals surface area (Å²) in [6.07, 6.45) is 0.481. The first-order chi connectivity index (χ1) is 12.8. The van der Waals surface area contributed by atoms with Gasteiger partial charge in [-0.25, -0.2) is 13.1 Å². The van der Waals surface area contributed by atoms with Crippen molar-refractivity contribution < 1.29 is 18.7 Å². The molecule has 0 saturated carbocycles. The fourth-order valence-corrected chi connectivity index (χ4v) is 4.29. The summed E-state index contributed by atoms with van der Waals surface area (Å²) in [6, 6.07) is 13.6. The molecular formula is C18H18N2O5S2. The number of aromatic nitrogens is 1. The van der Waals surface area contributed by atoms with Crippen LogP contribution in [0.3, 0.4) is 0 Å². The van der Waals surface area contributed by atoms with Crippen LogP contribution in [0.1, 0.15) is 11.1 Å². The van der Waals surface area contributed by atoms with Gasteiger partial charge in [0.2, 0.25) is 15.8 Å². The molecule has 0 bridgehead atoms. The van der Waals surface area contributed by atoms with Gasteiger partial charge in [-0.05, 0) is 48.1 Å². The maximum atomic E-state index is 12.3. The van der Waals surface area contributed by atoms with Gasteiger partial charge in [0.1, 0.15) is 4.88 Å². The fraction of sp³-hybridized carbons (Fsp3) is 0.167. The van der Waals surface area contributed by atoms with Gasteiger partial charge in [0, 0.05) is 6.54 Å². The highest BCUT2D eigenvalue weighted by atomic mass is 32.2. The van der Waals surface area contributed by atoms with Gasteiger partial charge in [-0.15, -0.1) is 0 Å². The third-order valence-electron chi connectivity index (χ3n) is 4.02. The molecule has 0 amide bonds. The Morgan fingerprint density at radius 3 is 2.26 bits per heavy atom. The van der Waals surface area contributed by atoms with E-state index >= 15 is 0 Å². The number of hydrogen-bond donors (Lipinski definition) is 3. The largest absolute Gasteiger partial charge is 0.502 e. The lowest BCUT2D eigenvalue weighted by Gasteiger charge is -2.07. The first-order valence-electron chi connectivity index (χ1n) is 8.08. The van der Waals surface area contributed by atoms with E-state index in [9.17, 15) is 23.5 Å². The minimum Gasteiger partial charge on any atom is -0.502 e. The summed E-state index contributed by atoms with van der Waals surface area (Å²) in [6.45, 7) is 2.13. The highest BCUT2D eigenvalue weighted by Crippen LogP contribution is 2.30. The zero-order valence-corrected chi connectivity index (χ0v) is 16.0. The van der Waals surface area contributed by atoms with Crippen molar-refractivity contribution in [3.05, 3.63) is 70.0 Å². The highest BCUT2D eigenvalue weighted by Gasteiger charge is 2.16. The Morgan fingerprint density at radius 1 is 1.07 bits per heavy atom. The number of rotatable bonds is 6. The molecule has 2 aromatic carbocycles. The van der Waals surface area contributed by atoms with Gasteiger partial charge in [-0.3, -0.25) is 4.79 Å². The Balaban J connectivity index is 1.64. The fourth-order valence-electron chi connectivity index (χ4n) is 2.50. The van der Waals surface area contributed by atoms with E-state index in [2.05, 4.69) is 4.72 Å². The molecule has 1 aromatic heterocycles. The van der Waals surface area contributed by atoms with Gasteiger partial charge in [-0.2, -0.15) is 0 Å². The van der Waals surface area contributed by atoms with Gasteiger partial charge in [0.25, 0.3) is 0 Å². The summed E-state index contributed by atoms with van der Waals surface area (Å²) in [7, 11) is -3.55. The van der Waals surface area contributed by atoms with Crippen LogP contribution in [-0.4, -0.2) is 29.4 Å². The zero-order chi connectivity index (χ0) is 19.6. The van der Waals surface area contributed by atoms with Crippen molar-refractivity contribution >= 4 is 21.6 Å². The van der Waals surface area contributed by atoms with E-state index in [4.69, 9.17) is 0 Å². The molecule has 3 N–H and O–H groups in total. The number of benzene rings is 2. The van der Waals surface area contributed by atoms with Crippen molar-refractivity contribution in [2.75, 3.05) is 6.54 Å². The average molecular weight is 406 g/mol. The molecule has 0 saturated heterocycles. The summed E-state index contributed by atoms with van der Waals surface area (Å²) >= 11 is 0.738. The SMILES string of the molecule is Cc1ccc(S(=O)(=O)NCCc2ccc(-c3sn(O)c(=O)c3O)cc2)cc1. The Morgan fingerprint density at radius 2 is 1.70 bits per heavy atom. The second-order valence-electron chi connectivity index (χ2n) is 6.00. The second-order valence-corrected chi connectivity index (χ2v) is 8.71. The van der Waals surface area contributed by atoms with Crippen molar-refractivity contribution in [3.8, 4) is 16.2 Å². The van der Waals surface area contributed by atoms with E-state index in [1.807, 2.05) is 6.92 Å². The summed E-state index contributed by atoms with van der Waals surface area (Å²) in [5.74, 6) is -0.499. The molecule has 142 valence electrons. The molecule has 1 heterocycles. The van der Waals surface area contributed by atoms with E-state index in [0.29, 0.717) is 16.1 Å². The minimum absolute atomic E-state index is 0.224. The lowest BCUT2D eigenvalue weighted by molar-refractivity contribution is 0.206. The molecule has 0 aliphatic carbocycles. The van der Waals surface area contributed by atoms with E-state index in [1.54, 1.807) is 48.5 Å². The highest BCUT2D eigenvalue weighted by molar-refractivity contribution is 7.89. The lowest BCUT2D eigenvalue weighted by atomic mass is 10.1. The van der Waals surface area contributed by atoms with Gasteiger partial charge in [0.15, 0.2) is 0 Å². The number of nitrogens with zero attached hydrogens (tertiary/aromatic N) is 1. The molecule has 0 spiro atoms. The third-order valence-corrected chi connectivity index (χ3v) is 6.45. The Labute approximate surface area is 160 Å². The number of aryl methyl sites for hydroxylation is 1. The van der Waals surface area contributed by atoms with Crippen LogP contribution in [-0.2, 0) is 16.4 Å². The first-order valence-corrected chi connectivity index (χ1v) is 10.3. The lowest BCUT2D eigenvalue weighted by Crippen LogP contribution is -2.25. The van der Waals surface area contributed by atoms with Gasteiger partial charge in [-0.1, -0.05) is 46.1 Å². The first kappa shape index (κ1) is 19.2. The van der Waals surface area contributed by atoms with Crippen LogP contribution in [0.25, 0.3) is 10.4 Å². The maximum Gasteiger partial charge on any atom is 0.336 e. The number of hydrogen-bond acceptors (Lipinski definition) is 6. The number of nitrogens with one attached hydrogen (secondary N) is 1. The molecule has 0 aliphatic heterocycles. The van der Waals surface area contributed by atoms with Crippen molar-refractivity contribution in [1.82, 2.24) is 8.84 Å². The molecule has 0 aliphatic rings. The van der Waals surface area contributed by atoms with Crippen LogP contribution in [0.2, 0.25) is 0 Å². The molecular weight excluding hydrogens is 388 g/mol. The van der Waals surface area contributed by atoms with E-state index in [-0.39, 0.29) is 16.3 Å². The van der Waals surface area contributed by atoms with Crippen LogP contribution in [0.4, 0.5) is 0 Å². The predicted octanol–water partition coefficient (Wildman–Crippen LogP) is 2.35. The van der Waals surface area contributed by atoms with Crippen molar-refractivity contribution in [2.24, 2.45) is 0 Å². The van der Waals surface area contributed by atoms with Crippen LogP contribution < -0.4 is 10.3 Å². The minimum atomic E-state index is -3.55. The smallest absolute Gasteiger partial charge is 0.336 e. The summed E-state index contributed by atoms with van der Waals surface area (Å²) in [5.41, 5.74) is 1.61. The Kier molecular flexibility index (Phi) is 5.36. The molecule has 0 unspecified atom stereocenters. The van der Waals surface area contributed by atoms with Crippen LogP contribution in [0, 0.1) is 6.92 Å². The maximum absolute atomic E-state index is 12.3. The molecule has 0 atom stereocenters. The van der Waals surface area contributed by atoms with Crippen molar-refractivity contribution in [2.45, 2.75) is 18.2 Å². The third kappa shape index (κ3) is 4.21. The predicted molar refractivity (Wildman–Crippen MR) is 103 cm³/mol. The van der Waals surface area contributed by atoms with E-state index < -0.39 is 21.3 Å². The standard InChI is InChI=1S/C18H18N2O5S2/c1-12-2-8-15(9-3-12)27(24,25)19-11-10-13-4-6-14(7-5-13)17-16(21)18(22)20(23)26-17/h2-9,19,21,23H,10-11H2,1H3. The molecule has 27 heavy (non-hydrogen) atoms. The van der Waals surface area contributed by atoms with Crippen LogP contribution in [0.15, 0.2) is 58.2 Å². The summed E-state index contributed by atoms with van der Waals surface area (Å²) in [5, 5.41) is 19.1. The topological polar surface area (TPSA) is 109 Å². The van der Waals surface area contributed by atoms with E-state index in [0.717, 1.165) is 22.7 Å². The van der Waals surface area contributed by atoms with E-state index in [1.165, 1.54) is 0 Å². The van der Waals surface area contributed by atoms with Gasteiger partial charge >= 0.3 is 5.56 Å². The number of sulfonamides is 1. The number of aromatic hydroxyl groups is 1. The zero-order valence-electron chi connectivity index (χ0n) is 14.4. The second kappa shape index (κ2) is 7.55. The summed E-state index contributed by atoms with van der Waals surface area (Å²) in [4.78, 5) is 11.9. The Bertz CT molecular complexity index is 1100. The van der Waals surface area contributed by atoms with Gasteiger partial charge in [0.05, 0.1) is 4.90 Å². The summed E-state index contributed by atoms with van der Waals surface area (Å²) < 4.78 is 27.4. The van der Waals surface area contributed by atoms with Crippen molar-refractivity contribution in [1.29, 1.82) is 0 Å². The van der Waals surface area contributed by atoms with Crippen LogP contribution in [0.5, 0.6) is 5.75 Å². The molecule has 3 aromatic rings. The monoisotopic (exact) mass is 406 g/mol. The normalized spacial score (nSPS) is 11.6. The van der Waals surface area contributed by atoms with Crippen molar-refractivity contribution in [3.63, 3.8) is 0 Å².